The summed E-state index contributed by atoms with van der Waals surface area (Å²) in [5, 5.41) is 0. The Morgan fingerprint density at radius 1 is 0.543 bits per heavy atom. The summed E-state index contributed by atoms with van der Waals surface area (Å²) in [5.41, 5.74) is 9.74. The lowest BCUT2D eigenvalue weighted by molar-refractivity contribution is 0.532. The van der Waals surface area contributed by atoms with Gasteiger partial charge in [0.15, 0.2) is 0 Å². The van der Waals surface area contributed by atoms with E-state index < -0.39 is 5.41 Å². The number of nitrogens with zero attached hydrogens (tertiary/aromatic N) is 3. The maximum atomic E-state index is 5.12. The molecule has 1 spiro atoms. The van der Waals surface area contributed by atoms with Crippen LogP contribution < -0.4 is 16.5 Å². The molecule has 1 aliphatic carbocycles. The van der Waals surface area contributed by atoms with Crippen molar-refractivity contribution in [1.29, 1.82) is 0 Å². The van der Waals surface area contributed by atoms with Gasteiger partial charge in [-0.25, -0.2) is 0 Å². The lowest BCUT2D eigenvalue weighted by Gasteiger charge is -2.49. The Bertz CT molecular complexity index is 1490. The molecule has 1 aliphatic heterocycles. The predicted molar refractivity (Wildman–Crippen MR) is 141 cm³/mol. The summed E-state index contributed by atoms with van der Waals surface area (Å²) in [6.45, 7) is 4.61. The van der Waals surface area contributed by atoms with Crippen molar-refractivity contribution in [2.45, 2.75) is 24.7 Å². The molecule has 0 radical (unpaired) electrons. The minimum atomic E-state index is -0.631. The average Bonchev–Trinajstić information content (AvgIpc) is 2.92. The van der Waals surface area contributed by atoms with E-state index in [1.165, 1.54) is 33.2 Å². The number of rotatable bonds is 1. The van der Waals surface area contributed by atoms with E-state index in [1.54, 1.807) is 0 Å². The van der Waals surface area contributed by atoms with Crippen molar-refractivity contribution in [1.82, 2.24) is 15.0 Å². The van der Waals surface area contributed by atoms with Crippen LogP contribution in [0.4, 0.5) is 0 Å². The van der Waals surface area contributed by atoms with Crippen molar-refractivity contribution in [3.05, 3.63) is 143 Å². The number of fused-ring (bicyclic) bond motifs is 8. The topological polar surface area (TPSA) is 38.7 Å². The van der Waals surface area contributed by atoms with Crippen LogP contribution in [0.25, 0.3) is 0 Å². The monoisotopic (exact) mass is 449 g/mol. The third kappa shape index (κ3) is 2.54. The van der Waals surface area contributed by atoms with Gasteiger partial charge in [-0.3, -0.25) is 15.0 Å². The van der Waals surface area contributed by atoms with Crippen molar-refractivity contribution >= 4 is 23.2 Å². The molecule has 166 valence electrons. The second kappa shape index (κ2) is 7.23. The molecule has 0 bridgehead atoms. The minimum Gasteiger partial charge on any atom is -0.270 e. The van der Waals surface area contributed by atoms with Crippen LogP contribution in [0.15, 0.2) is 110 Å². The lowest BCUT2D eigenvalue weighted by Crippen LogP contribution is -2.64. The van der Waals surface area contributed by atoms with Gasteiger partial charge in [0.05, 0.1) is 11.4 Å². The summed E-state index contributed by atoms with van der Waals surface area (Å²) in [5.74, 6) is 0. The third-order valence-corrected chi connectivity index (χ3v) is 8.00. The molecular formula is C31H24BN3. The van der Waals surface area contributed by atoms with Gasteiger partial charge in [0.25, 0.3) is 6.71 Å². The van der Waals surface area contributed by atoms with Crippen molar-refractivity contribution in [2.75, 3.05) is 0 Å². The summed E-state index contributed by atoms with van der Waals surface area (Å²) in [6, 6.07) is 32.4. The van der Waals surface area contributed by atoms with E-state index in [4.69, 9.17) is 15.0 Å². The van der Waals surface area contributed by atoms with E-state index in [2.05, 4.69) is 105 Å². The number of hydrogen-bond donors (Lipinski definition) is 0. The normalized spacial score (nSPS) is 16.1. The predicted octanol–water partition coefficient (Wildman–Crippen LogP) is 3.72. The van der Waals surface area contributed by atoms with Crippen LogP contribution in [0.1, 0.15) is 47.5 Å². The fraction of sp³-hybridized carbons (Fsp3) is 0.129. The average molecular weight is 449 g/mol. The highest BCUT2D eigenvalue weighted by molar-refractivity contribution is 6.96. The van der Waals surface area contributed by atoms with Crippen LogP contribution in [-0.4, -0.2) is 21.7 Å². The quantitative estimate of drug-likeness (QED) is 0.359. The summed E-state index contributed by atoms with van der Waals surface area (Å²) >= 11 is 0. The van der Waals surface area contributed by atoms with E-state index in [9.17, 15) is 0 Å². The molecule has 4 heteroatoms. The van der Waals surface area contributed by atoms with Gasteiger partial charge in [0, 0.05) is 29.6 Å². The molecule has 0 saturated carbocycles. The Kier molecular flexibility index (Phi) is 4.20. The molecule has 4 heterocycles. The van der Waals surface area contributed by atoms with Gasteiger partial charge in [0.2, 0.25) is 0 Å². The first kappa shape index (κ1) is 20.3. The van der Waals surface area contributed by atoms with Crippen molar-refractivity contribution in [3.8, 4) is 0 Å². The molecule has 5 aromatic rings. The van der Waals surface area contributed by atoms with E-state index in [1.807, 2.05) is 18.6 Å². The molecule has 35 heavy (non-hydrogen) atoms. The zero-order valence-corrected chi connectivity index (χ0v) is 19.8. The van der Waals surface area contributed by atoms with Gasteiger partial charge in [-0.15, -0.1) is 0 Å². The molecule has 0 fully saturated rings. The lowest BCUT2D eigenvalue weighted by atomic mass is 9.32. The Hall–Kier alpha value is -4.05. The number of benzene rings is 2. The molecule has 3 nitrogen and oxygen atoms in total. The van der Waals surface area contributed by atoms with Gasteiger partial charge in [0.1, 0.15) is 5.41 Å². The Labute approximate surface area is 206 Å². The van der Waals surface area contributed by atoms with Gasteiger partial charge in [-0.05, 0) is 40.5 Å². The molecule has 2 aliphatic rings. The zero-order valence-electron chi connectivity index (χ0n) is 19.8. The SMILES string of the molecule is CC1(C)c2cccnc2C2(c3ccccc3B(c3ccccc3)c3ncccc32)c2ncccc21. The molecule has 0 saturated heterocycles. The summed E-state index contributed by atoms with van der Waals surface area (Å²) in [4.78, 5) is 15.3. The number of hydrogen-bond acceptors (Lipinski definition) is 3. The van der Waals surface area contributed by atoms with Gasteiger partial charge in [-0.1, -0.05) is 97.6 Å². The highest BCUT2D eigenvalue weighted by Gasteiger charge is 2.56. The Balaban J connectivity index is 1.69. The molecule has 3 aromatic heterocycles. The second-order valence-electron chi connectivity index (χ2n) is 10.0. The van der Waals surface area contributed by atoms with Crippen LogP contribution in [-0.2, 0) is 10.8 Å². The number of aromatic nitrogens is 3. The van der Waals surface area contributed by atoms with E-state index in [0.29, 0.717) is 0 Å². The third-order valence-electron chi connectivity index (χ3n) is 8.00. The van der Waals surface area contributed by atoms with Gasteiger partial charge in [-0.2, -0.15) is 0 Å². The largest absolute Gasteiger partial charge is 0.270 e. The van der Waals surface area contributed by atoms with Crippen LogP contribution in [0.3, 0.4) is 0 Å². The highest BCUT2D eigenvalue weighted by atomic mass is 14.8. The first-order chi connectivity index (χ1) is 17.1. The zero-order chi connectivity index (χ0) is 23.6. The first-order valence-corrected chi connectivity index (χ1v) is 12.2. The van der Waals surface area contributed by atoms with Crippen LogP contribution >= 0.6 is 0 Å². The molecule has 0 amide bonds. The molecule has 7 rings (SSSR count). The van der Waals surface area contributed by atoms with Crippen molar-refractivity contribution in [3.63, 3.8) is 0 Å². The van der Waals surface area contributed by atoms with E-state index in [0.717, 1.165) is 17.0 Å². The highest BCUT2D eigenvalue weighted by Crippen LogP contribution is 2.54. The summed E-state index contributed by atoms with van der Waals surface area (Å²) in [7, 11) is 0. The van der Waals surface area contributed by atoms with Crippen molar-refractivity contribution < 1.29 is 0 Å². The van der Waals surface area contributed by atoms with Gasteiger partial charge >= 0.3 is 0 Å². The standard InChI is InChI=1S/C31H24BN3/c1-30(2)23-14-8-18-33-27(23)31(28-24(30)15-9-19-34-28)22-13-6-7-17-26(22)32(21-11-4-3-5-12-21)29-25(31)16-10-20-35-29/h3-20H,1-2H3. The smallest absolute Gasteiger partial charge is 0.265 e. The van der Waals surface area contributed by atoms with E-state index in [-0.39, 0.29) is 12.1 Å². The van der Waals surface area contributed by atoms with E-state index >= 15 is 0 Å². The molecule has 2 aromatic carbocycles. The molecule has 0 N–H and O–H groups in total. The van der Waals surface area contributed by atoms with Gasteiger partial charge < -0.3 is 0 Å². The summed E-state index contributed by atoms with van der Waals surface area (Å²) < 4.78 is 0. The second-order valence-corrected chi connectivity index (χ2v) is 10.0. The fourth-order valence-electron chi connectivity index (χ4n) is 6.51. The Morgan fingerprint density at radius 2 is 1.09 bits per heavy atom. The molecule has 0 unspecified atom stereocenters. The van der Waals surface area contributed by atoms with Crippen LogP contribution in [0.5, 0.6) is 0 Å². The first-order valence-electron chi connectivity index (χ1n) is 12.2. The maximum Gasteiger partial charge on any atom is 0.265 e. The van der Waals surface area contributed by atoms with Crippen LogP contribution in [0.2, 0.25) is 0 Å². The fourth-order valence-corrected chi connectivity index (χ4v) is 6.51. The Morgan fingerprint density at radius 3 is 1.77 bits per heavy atom. The summed E-state index contributed by atoms with van der Waals surface area (Å²) in [6.07, 6.45) is 5.76. The minimum absolute atomic E-state index is 0.0449. The molecular weight excluding hydrogens is 425 g/mol. The van der Waals surface area contributed by atoms with Crippen molar-refractivity contribution in [2.24, 2.45) is 0 Å². The number of pyridine rings is 3. The van der Waals surface area contributed by atoms with Crippen LogP contribution in [0, 0.1) is 0 Å². The maximum absolute atomic E-state index is 5.12. The molecule has 0 atom stereocenters.